The molecule has 5 N–H and O–H groups in total. The molecule has 12 heteroatoms. The Balaban J connectivity index is 1.87. The number of hydrogen-bond donors (Lipinski definition) is 3. The van der Waals surface area contributed by atoms with Crippen LogP contribution >= 0.6 is 0 Å². The summed E-state index contributed by atoms with van der Waals surface area (Å²) in [6, 6.07) is 9.71. The molecule has 35 heavy (non-hydrogen) atoms. The summed E-state index contributed by atoms with van der Waals surface area (Å²) < 4.78 is 59.8. The highest BCUT2D eigenvalue weighted by atomic mass is 19.4. The van der Waals surface area contributed by atoms with E-state index in [-0.39, 0.29) is 29.1 Å². The molecule has 0 aliphatic carbocycles. The average molecular weight is 493 g/mol. The van der Waals surface area contributed by atoms with Gasteiger partial charge in [-0.1, -0.05) is 24.3 Å². The molecule has 186 valence electrons. The van der Waals surface area contributed by atoms with Crippen molar-refractivity contribution in [3.8, 4) is 17.0 Å². The molecule has 0 spiro atoms. The molecule has 2 aromatic carbocycles. The van der Waals surface area contributed by atoms with Crippen LogP contribution in [0.2, 0.25) is 0 Å². The number of nitrogens with one attached hydrogen (secondary N) is 1. The van der Waals surface area contributed by atoms with Crippen molar-refractivity contribution in [1.82, 2.24) is 15.1 Å². The monoisotopic (exact) mass is 493 g/mol. The minimum Gasteiger partial charge on any atom is -0.496 e. The summed E-state index contributed by atoms with van der Waals surface area (Å²) in [4.78, 5) is 24.4. The van der Waals surface area contributed by atoms with Gasteiger partial charge in [-0.25, -0.2) is 9.07 Å². The van der Waals surface area contributed by atoms with Gasteiger partial charge in [0.15, 0.2) is 5.54 Å². The summed E-state index contributed by atoms with van der Waals surface area (Å²) in [7, 11) is 1.35. The van der Waals surface area contributed by atoms with Crippen LogP contribution in [0.15, 0.2) is 42.5 Å². The molecule has 0 fully saturated rings. The lowest BCUT2D eigenvalue weighted by atomic mass is 10.0. The van der Waals surface area contributed by atoms with E-state index in [1.807, 2.05) is 0 Å². The summed E-state index contributed by atoms with van der Waals surface area (Å²) in [5, 5.41) is 6.59. The average Bonchev–Trinajstić information content (AvgIpc) is 3.15. The predicted octanol–water partition coefficient (Wildman–Crippen LogP) is 3.61. The number of amides is 2. The molecule has 2 amide bonds. The molecule has 0 bridgehead atoms. The van der Waals surface area contributed by atoms with Crippen molar-refractivity contribution in [1.29, 1.82) is 0 Å². The Morgan fingerprint density at radius 2 is 1.74 bits per heavy atom. The second kappa shape index (κ2) is 9.28. The molecule has 0 aliphatic heterocycles. The van der Waals surface area contributed by atoms with E-state index in [1.54, 1.807) is 12.1 Å². The number of methoxy groups -OCH3 is 1. The zero-order valence-corrected chi connectivity index (χ0v) is 19.0. The Morgan fingerprint density at radius 3 is 2.29 bits per heavy atom. The number of rotatable bonds is 7. The van der Waals surface area contributed by atoms with Crippen LogP contribution in [0.1, 0.15) is 40.1 Å². The van der Waals surface area contributed by atoms with Gasteiger partial charge in [0.25, 0.3) is 11.8 Å². The Bertz CT molecular complexity index is 1270. The quantitative estimate of drug-likeness (QED) is 0.434. The lowest BCUT2D eigenvalue weighted by molar-refractivity contribution is -0.205. The first-order valence-corrected chi connectivity index (χ1v) is 10.2. The van der Waals surface area contributed by atoms with Gasteiger partial charge in [0.05, 0.1) is 12.7 Å². The number of hydrogen-bond acceptors (Lipinski definition) is 5. The van der Waals surface area contributed by atoms with Crippen LogP contribution in [-0.4, -0.2) is 34.9 Å². The molecule has 0 atom stereocenters. The van der Waals surface area contributed by atoms with E-state index >= 15 is 0 Å². The SMILES string of the molecule is COc1ccc(F)cc1C(=O)NCc1ccc(-c2nn(C(C)(C)C(F)(F)F)c(N)c2C(N)=O)cc1. The van der Waals surface area contributed by atoms with Crippen molar-refractivity contribution in [2.45, 2.75) is 32.1 Å². The zero-order chi connectivity index (χ0) is 26.1. The summed E-state index contributed by atoms with van der Waals surface area (Å²) >= 11 is 0. The number of ether oxygens (including phenoxy) is 1. The van der Waals surface area contributed by atoms with E-state index in [9.17, 15) is 27.2 Å². The normalized spacial score (nSPS) is 11.9. The van der Waals surface area contributed by atoms with Gasteiger partial charge < -0.3 is 21.5 Å². The standard InChI is InChI=1S/C23H23F4N5O3/c1-22(2,23(25,26)27)32-19(28)17(20(29)33)18(31-32)13-6-4-12(5-7-13)11-30-21(34)15-10-14(24)8-9-16(15)35-3/h4-10H,11,28H2,1-3H3,(H2,29,33)(H,30,34). The second-order valence-electron chi connectivity index (χ2n) is 8.17. The van der Waals surface area contributed by atoms with Crippen LogP contribution in [0.3, 0.4) is 0 Å². The number of alkyl halides is 3. The summed E-state index contributed by atoms with van der Waals surface area (Å²) in [5.74, 6) is -2.49. The molecular formula is C23H23F4N5O3. The number of nitrogens with zero attached hydrogens (tertiary/aromatic N) is 2. The minimum absolute atomic E-state index is 0.0171. The van der Waals surface area contributed by atoms with Crippen LogP contribution in [0.5, 0.6) is 5.75 Å². The molecule has 0 saturated carbocycles. The lowest BCUT2D eigenvalue weighted by Gasteiger charge is -2.29. The van der Waals surface area contributed by atoms with Gasteiger partial charge in [-0.05, 0) is 37.6 Å². The zero-order valence-electron chi connectivity index (χ0n) is 19.0. The summed E-state index contributed by atoms with van der Waals surface area (Å²) in [5.41, 5.74) is 9.21. The number of halogens is 4. The van der Waals surface area contributed by atoms with Crippen molar-refractivity contribution in [2.24, 2.45) is 5.73 Å². The van der Waals surface area contributed by atoms with E-state index in [2.05, 4.69) is 10.4 Å². The van der Waals surface area contributed by atoms with Gasteiger partial charge in [0, 0.05) is 12.1 Å². The number of primary amides is 1. The maximum Gasteiger partial charge on any atom is 0.413 e. The number of benzene rings is 2. The number of carbonyl (C=O) groups excluding carboxylic acids is 2. The Labute approximate surface area is 197 Å². The largest absolute Gasteiger partial charge is 0.496 e. The smallest absolute Gasteiger partial charge is 0.413 e. The number of nitrogen functional groups attached to an aromatic ring is 1. The van der Waals surface area contributed by atoms with Crippen molar-refractivity contribution < 1.29 is 31.9 Å². The molecule has 1 heterocycles. The molecule has 0 saturated heterocycles. The fraction of sp³-hybridized carbons (Fsp3) is 0.261. The van der Waals surface area contributed by atoms with Crippen LogP contribution in [0.25, 0.3) is 11.3 Å². The highest BCUT2D eigenvalue weighted by Gasteiger charge is 2.51. The molecule has 0 unspecified atom stereocenters. The molecule has 1 aromatic heterocycles. The third kappa shape index (κ3) is 4.91. The number of carbonyl (C=O) groups is 2. The molecule has 3 rings (SSSR count). The maximum atomic E-state index is 13.5. The Kier molecular flexibility index (Phi) is 6.77. The number of anilines is 1. The highest BCUT2D eigenvalue weighted by molar-refractivity contribution is 6.03. The van der Waals surface area contributed by atoms with Gasteiger partial charge in [-0.2, -0.15) is 18.3 Å². The third-order valence-corrected chi connectivity index (χ3v) is 5.48. The van der Waals surface area contributed by atoms with Gasteiger partial charge in [-0.3, -0.25) is 9.59 Å². The van der Waals surface area contributed by atoms with Gasteiger partial charge in [0.1, 0.15) is 28.6 Å². The summed E-state index contributed by atoms with van der Waals surface area (Å²) in [6.45, 7) is 1.81. The summed E-state index contributed by atoms with van der Waals surface area (Å²) in [6.07, 6.45) is -4.70. The van der Waals surface area contributed by atoms with Gasteiger partial charge >= 0.3 is 6.18 Å². The molecule has 3 aromatic rings. The van der Waals surface area contributed by atoms with Gasteiger partial charge in [-0.15, -0.1) is 0 Å². The molecule has 8 nitrogen and oxygen atoms in total. The fourth-order valence-corrected chi connectivity index (χ4v) is 3.34. The second-order valence-corrected chi connectivity index (χ2v) is 8.17. The van der Waals surface area contributed by atoms with E-state index in [0.717, 1.165) is 19.9 Å². The maximum absolute atomic E-state index is 13.5. The van der Waals surface area contributed by atoms with E-state index in [1.165, 1.54) is 31.4 Å². The van der Waals surface area contributed by atoms with Crippen molar-refractivity contribution in [3.63, 3.8) is 0 Å². The van der Waals surface area contributed by atoms with Crippen molar-refractivity contribution in [3.05, 3.63) is 65.0 Å². The van der Waals surface area contributed by atoms with Crippen LogP contribution in [-0.2, 0) is 12.1 Å². The fourth-order valence-electron chi connectivity index (χ4n) is 3.34. The molecular weight excluding hydrogens is 470 g/mol. The third-order valence-electron chi connectivity index (χ3n) is 5.48. The van der Waals surface area contributed by atoms with E-state index in [0.29, 0.717) is 15.8 Å². The Hall–Kier alpha value is -4.09. The minimum atomic E-state index is -4.70. The molecule has 0 aliphatic rings. The topological polar surface area (TPSA) is 125 Å². The van der Waals surface area contributed by atoms with Crippen LogP contribution in [0, 0.1) is 5.82 Å². The lowest BCUT2D eigenvalue weighted by Crippen LogP contribution is -2.43. The van der Waals surface area contributed by atoms with Gasteiger partial charge in [0.2, 0.25) is 0 Å². The Morgan fingerprint density at radius 1 is 1.11 bits per heavy atom. The first-order valence-electron chi connectivity index (χ1n) is 10.2. The van der Waals surface area contributed by atoms with E-state index in [4.69, 9.17) is 16.2 Å². The predicted molar refractivity (Wildman–Crippen MR) is 120 cm³/mol. The number of aromatic nitrogens is 2. The first kappa shape index (κ1) is 25.5. The van der Waals surface area contributed by atoms with Crippen LogP contribution < -0.4 is 21.5 Å². The number of nitrogens with two attached hydrogens (primary N) is 2. The molecule has 0 radical (unpaired) electrons. The van der Waals surface area contributed by atoms with Crippen molar-refractivity contribution in [2.75, 3.05) is 12.8 Å². The van der Waals surface area contributed by atoms with Crippen molar-refractivity contribution >= 4 is 17.6 Å². The van der Waals surface area contributed by atoms with E-state index < -0.39 is 35.2 Å². The van der Waals surface area contributed by atoms with Crippen LogP contribution in [0.4, 0.5) is 23.4 Å². The highest BCUT2D eigenvalue weighted by Crippen LogP contribution is 2.40. The first-order chi connectivity index (χ1) is 16.3.